The average Bonchev–Trinajstić information content (AvgIpc) is 2.04. The van der Waals surface area contributed by atoms with Crippen LogP contribution in [0.3, 0.4) is 0 Å². The van der Waals surface area contributed by atoms with Gasteiger partial charge in [0.2, 0.25) is 0 Å². The number of allylic oxidation sites excluding steroid dienone is 1. The molecule has 0 aliphatic rings. The molecule has 0 aliphatic carbocycles. The van der Waals surface area contributed by atoms with E-state index < -0.39 is 12.1 Å². The molecule has 0 heterocycles. The molecular weight excluding hydrogens is 164 g/mol. The van der Waals surface area contributed by atoms with Crippen LogP contribution in [0, 0.1) is 0 Å². The van der Waals surface area contributed by atoms with Gasteiger partial charge in [-0.15, -0.1) is 0 Å². The zero-order valence-corrected chi connectivity index (χ0v) is 6.84. The quantitative estimate of drug-likeness (QED) is 0.415. The number of rotatable bonds is 3. The minimum absolute atomic E-state index is 0.365. The Morgan fingerprint density at radius 3 is 1.83 bits per heavy atom. The first kappa shape index (κ1) is 13.7. The molecule has 0 spiro atoms. The Bertz CT molecular complexity index is 128. The minimum atomic E-state index is -0.954. The van der Waals surface area contributed by atoms with Gasteiger partial charge in [0.1, 0.15) is 6.10 Å². The van der Waals surface area contributed by atoms with Crippen molar-refractivity contribution >= 4 is 5.97 Å². The van der Waals surface area contributed by atoms with Crippen molar-refractivity contribution in [1.82, 2.24) is 0 Å². The Morgan fingerprint density at radius 2 is 1.83 bits per heavy atom. The Kier molecular flexibility index (Phi) is 11.5. The molecule has 0 aromatic heterocycles. The van der Waals surface area contributed by atoms with E-state index in [0.29, 0.717) is 0 Å². The number of carboxylic acid groups (broad SMARTS) is 1. The van der Waals surface area contributed by atoms with E-state index in [-0.39, 0.29) is 13.2 Å². The highest BCUT2D eigenvalue weighted by atomic mass is 16.4. The van der Waals surface area contributed by atoms with Gasteiger partial charge in [-0.25, -0.2) is 4.79 Å². The standard InChI is InChI=1S/C4H6O2.C3H8O3/c1-2-3-4(5)6;4-1-3(6)2-5/h2-3H,1H3,(H,5,6);3-6H,1-2H2/b3-2+;. The number of carbonyl (C=O) groups is 1. The first-order chi connectivity index (χ1) is 5.58. The lowest BCUT2D eigenvalue weighted by molar-refractivity contribution is -0.131. The fourth-order valence-corrected chi connectivity index (χ4v) is 0.200. The molecule has 0 saturated heterocycles. The molecule has 0 amide bonds. The average molecular weight is 178 g/mol. The lowest BCUT2D eigenvalue weighted by Crippen LogP contribution is -2.15. The molecule has 0 bridgehead atoms. The van der Waals surface area contributed by atoms with Crippen LogP contribution in [0.1, 0.15) is 6.92 Å². The smallest absolute Gasteiger partial charge is 0.327 e. The second kappa shape index (κ2) is 10.1. The molecule has 0 aliphatic heterocycles. The van der Waals surface area contributed by atoms with E-state index in [1.807, 2.05) is 0 Å². The summed E-state index contributed by atoms with van der Waals surface area (Å²) in [7, 11) is 0. The molecule has 0 atom stereocenters. The number of aliphatic hydroxyl groups is 3. The molecule has 5 nitrogen and oxygen atoms in total. The van der Waals surface area contributed by atoms with E-state index in [2.05, 4.69) is 0 Å². The van der Waals surface area contributed by atoms with Crippen LogP contribution >= 0.6 is 0 Å². The number of aliphatic hydroxyl groups excluding tert-OH is 3. The maximum Gasteiger partial charge on any atom is 0.327 e. The fraction of sp³-hybridized carbons (Fsp3) is 0.571. The third-order valence-corrected chi connectivity index (χ3v) is 0.731. The van der Waals surface area contributed by atoms with Crippen LogP contribution in [0.2, 0.25) is 0 Å². The summed E-state index contributed by atoms with van der Waals surface area (Å²) in [6.07, 6.45) is 1.60. The van der Waals surface area contributed by atoms with Crippen molar-refractivity contribution in [2.75, 3.05) is 13.2 Å². The van der Waals surface area contributed by atoms with Gasteiger partial charge >= 0.3 is 5.97 Å². The van der Waals surface area contributed by atoms with Crippen LogP contribution in [-0.4, -0.2) is 45.7 Å². The topological polar surface area (TPSA) is 98.0 Å². The van der Waals surface area contributed by atoms with Gasteiger partial charge in [0, 0.05) is 6.08 Å². The van der Waals surface area contributed by atoms with Crippen molar-refractivity contribution in [3.8, 4) is 0 Å². The molecule has 0 aromatic rings. The van der Waals surface area contributed by atoms with Crippen LogP contribution in [0.25, 0.3) is 0 Å². The molecule has 0 unspecified atom stereocenters. The predicted octanol–water partition coefficient (Wildman–Crippen LogP) is -1.02. The molecule has 4 N–H and O–H groups in total. The van der Waals surface area contributed by atoms with Gasteiger partial charge in [0.15, 0.2) is 0 Å². The molecule has 0 aromatic carbocycles. The lowest BCUT2D eigenvalue weighted by Gasteiger charge is -1.96. The van der Waals surface area contributed by atoms with E-state index in [1.165, 1.54) is 6.08 Å². The third kappa shape index (κ3) is 16.0. The summed E-state index contributed by atoms with van der Waals surface area (Å²) in [6, 6.07) is 0. The van der Waals surface area contributed by atoms with Crippen molar-refractivity contribution in [2.24, 2.45) is 0 Å². The van der Waals surface area contributed by atoms with E-state index in [9.17, 15) is 4.79 Å². The zero-order chi connectivity index (χ0) is 9.98. The van der Waals surface area contributed by atoms with Crippen molar-refractivity contribution < 1.29 is 25.2 Å². The summed E-state index contributed by atoms with van der Waals surface area (Å²) >= 11 is 0. The highest BCUT2D eigenvalue weighted by molar-refractivity contribution is 5.79. The van der Waals surface area contributed by atoms with Crippen LogP contribution < -0.4 is 0 Å². The molecule has 0 radical (unpaired) electrons. The Hall–Kier alpha value is -0.910. The summed E-state index contributed by atoms with van der Waals surface area (Å²) in [6.45, 7) is 0.932. The van der Waals surface area contributed by atoms with Crippen LogP contribution in [0.5, 0.6) is 0 Å². The van der Waals surface area contributed by atoms with E-state index in [1.54, 1.807) is 6.92 Å². The third-order valence-electron chi connectivity index (χ3n) is 0.731. The van der Waals surface area contributed by atoms with Gasteiger partial charge in [-0.3, -0.25) is 0 Å². The normalized spacial score (nSPS) is 9.75. The van der Waals surface area contributed by atoms with Crippen LogP contribution in [-0.2, 0) is 4.79 Å². The second-order valence-electron chi connectivity index (χ2n) is 1.86. The monoisotopic (exact) mass is 178 g/mol. The molecule has 5 heteroatoms. The predicted molar refractivity (Wildman–Crippen MR) is 42.6 cm³/mol. The van der Waals surface area contributed by atoms with E-state index in [0.717, 1.165) is 6.08 Å². The SMILES string of the molecule is C/C=C/C(=O)O.OCC(O)CO. The van der Waals surface area contributed by atoms with Crippen molar-refractivity contribution in [2.45, 2.75) is 13.0 Å². The molecular formula is C7H14O5. The number of aliphatic carboxylic acids is 1. The molecule has 72 valence electrons. The van der Waals surface area contributed by atoms with Gasteiger partial charge < -0.3 is 20.4 Å². The highest BCUT2D eigenvalue weighted by Crippen LogP contribution is 1.71. The number of carboxylic acids is 1. The van der Waals surface area contributed by atoms with E-state index in [4.69, 9.17) is 20.4 Å². The summed E-state index contributed by atoms with van der Waals surface area (Å²) < 4.78 is 0. The van der Waals surface area contributed by atoms with Gasteiger partial charge in [-0.1, -0.05) is 6.08 Å². The van der Waals surface area contributed by atoms with Crippen molar-refractivity contribution in [3.63, 3.8) is 0 Å². The Morgan fingerprint density at radius 1 is 1.42 bits per heavy atom. The van der Waals surface area contributed by atoms with Crippen LogP contribution in [0.4, 0.5) is 0 Å². The maximum atomic E-state index is 9.51. The minimum Gasteiger partial charge on any atom is -0.478 e. The zero-order valence-electron chi connectivity index (χ0n) is 6.84. The first-order valence-electron chi connectivity index (χ1n) is 3.33. The van der Waals surface area contributed by atoms with Crippen LogP contribution in [0.15, 0.2) is 12.2 Å². The summed E-state index contributed by atoms with van der Waals surface area (Å²) in [5.74, 6) is -0.891. The number of hydrogen-bond donors (Lipinski definition) is 4. The van der Waals surface area contributed by atoms with Gasteiger partial charge in [-0.05, 0) is 6.92 Å². The lowest BCUT2D eigenvalue weighted by atomic mass is 10.4. The second-order valence-corrected chi connectivity index (χ2v) is 1.86. The molecule has 0 saturated carbocycles. The first-order valence-corrected chi connectivity index (χ1v) is 3.33. The van der Waals surface area contributed by atoms with E-state index >= 15 is 0 Å². The summed E-state index contributed by atoms with van der Waals surface area (Å²) in [4.78, 5) is 9.51. The van der Waals surface area contributed by atoms with Crippen molar-refractivity contribution in [3.05, 3.63) is 12.2 Å². The van der Waals surface area contributed by atoms with Crippen molar-refractivity contribution in [1.29, 1.82) is 0 Å². The Balaban J connectivity index is 0. The largest absolute Gasteiger partial charge is 0.478 e. The number of hydrogen-bond acceptors (Lipinski definition) is 4. The molecule has 12 heavy (non-hydrogen) atoms. The fourth-order valence-electron chi connectivity index (χ4n) is 0.200. The molecule has 0 rings (SSSR count). The van der Waals surface area contributed by atoms with Gasteiger partial charge in [0.05, 0.1) is 13.2 Å². The Labute approximate surface area is 70.6 Å². The summed E-state index contributed by atoms with van der Waals surface area (Å²) in [5.41, 5.74) is 0. The molecule has 0 fully saturated rings. The summed E-state index contributed by atoms with van der Waals surface area (Å²) in [5, 5.41) is 31.8. The van der Waals surface area contributed by atoms with Gasteiger partial charge in [-0.2, -0.15) is 0 Å². The maximum absolute atomic E-state index is 9.51. The highest BCUT2D eigenvalue weighted by Gasteiger charge is 1.93. The van der Waals surface area contributed by atoms with Gasteiger partial charge in [0.25, 0.3) is 0 Å².